The Labute approximate surface area is 81.9 Å². The summed E-state index contributed by atoms with van der Waals surface area (Å²) < 4.78 is 51.3. The fourth-order valence-corrected chi connectivity index (χ4v) is 0.839. The highest BCUT2D eigenvalue weighted by Gasteiger charge is 2.32. The zero-order chi connectivity index (χ0) is 11.5. The number of halogens is 4. The fourth-order valence-electron chi connectivity index (χ4n) is 0.839. The van der Waals surface area contributed by atoms with Gasteiger partial charge in [-0.1, -0.05) is 0 Å². The van der Waals surface area contributed by atoms with Crippen molar-refractivity contribution in [3.05, 3.63) is 23.8 Å². The van der Waals surface area contributed by atoms with Crippen LogP contribution in [-0.2, 0) is 6.42 Å². The third-order valence-electron chi connectivity index (χ3n) is 1.36. The number of hydrogen-bond acceptors (Lipinski definition) is 3. The van der Waals surface area contributed by atoms with E-state index < -0.39 is 18.1 Å². The van der Waals surface area contributed by atoms with Crippen molar-refractivity contribution < 1.29 is 22.3 Å². The van der Waals surface area contributed by atoms with Gasteiger partial charge in [0.15, 0.2) is 5.75 Å². The fraction of sp³-hybridized carbons (Fsp3) is 0.250. The predicted octanol–water partition coefficient (Wildman–Crippen LogP) is 2.19. The minimum atomic E-state index is -4.96. The number of ether oxygens (including phenoxy) is 1. The molecule has 1 rings (SSSR count). The van der Waals surface area contributed by atoms with E-state index in [1.807, 2.05) is 0 Å². The highest BCUT2D eigenvalue weighted by molar-refractivity contribution is 5.23. The molecule has 0 aliphatic heterocycles. The van der Waals surface area contributed by atoms with Gasteiger partial charge in [0.1, 0.15) is 0 Å². The van der Waals surface area contributed by atoms with Crippen LogP contribution < -0.4 is 4.74 Å². The number of pyridine rings is 1. The van der Waals surface area contributed by atoms with Gasteiger partial charge >= 0.3 is 6.36 Å². The smallest absolute Gasteiger partial charge is 0.401 e. The molecule has 3 nitrogen and oxygen atoms in total. The lowest BCUT2D eigenvalue weighted by Crippen LogP contribution is -2.18. The lowest BCUT2D eigenvalue weighted by atomic mass is 10.3. The van der Waals surface area contributed by atoms with Crippen LogP contribution >= 0.6 is 0 Å². The number of nitrogens with zero attached hydrogens (tertiary/aromatic N) is 2. The molecule has 7 heteroatoms. The molecule has 0 bridgehead atoms. The number of nitriles is 1. The molecule has 0 saturated heterocycles. The predicted molar refractivity (Wildman–Crippen MR) is 40.2 cm³/mol. The van der Waals surface area contributed by atoms with Crippen molar-refractivity contribution in [3.8, 4) is 11.8 Å². The zero-order valence-corrected chi connectivity index (χ0v) is 7.18. The summed E-state index contributed by atoms with van der Waals surface area (Å²) in [5.41, 5.74) is 0.0459. The molecule has 0 atom stereocenters. The molecule has 0 aromatic carbocycles. The Kier molecular flexibility index (Phi) is 3.09. The van der Waals surface area contributed by atoms with Crippen molar-refractivity contribution in [3.63, 3.8) is 0 Å². The highest BCUT2D eigenvalue weighted by Crippen LogP contribution is 2.24. The molecular formula is C8H4F4N2O. The van der Waals surface area contributed by atoms with E-state index >= 15 is 0 Å². The van der Waals surface area contributed by atoms with E-state index in [4.69, 9.17) is 5.26 Å². The Morgan fingerprint density at radius 2 is 2.07 bits per heavy atom. The minimum Gasteiger partial charge on any atom is -0.401 e. The van der Waals surface area contributed by atoms with E-state index in [2.05, 4.69) is 9.72 Å². The molecule has 1 aromatic rings. The molecule has 0 amide bonds. The summed E-state index contributed by atoms with van der Waals surface area (Å²) in [5.74, 6) is -2.40. The molecule has 80 valence electrons. The van der Waals surface area contributed by atoms with E-state index in [1.165, 1.54) is 0 Å². The zero-order valence-electron chi connectivity index (χ0n) is 7.18. The van der Waals surface area contributed by atoms with Gasteiger partial charge in [0, 0.05) is 0 Å². The maximum Gasteiger partial charge on any atom is 0.573 e. The molecule has 0 unspecified atom stereocenters. The van der Waals surface area contributed by atoms with Crippen LogP contribution in [0, 0.1) is 17.3 Å². The summed E-state index contributed by atoms with van der Waals surface area (Å²) in [6.45, 7) is 0. The van der Waals surface area contributed by atoms with Crippen molar-refractivity contribution in [2.75, 3.05) is 0 Å². The molecule has 0 saturated carbocycles. The first kappa shape index (κ1) is 11.2. The molecule has 15 heavy (non-hydrogen) atoms. The van der Waals surface area contributed by atoms with Gasteiger partial charge in [-0.05, 0) is 12.1 Å². The standard InChI is InChI=1S/C8H4F4N2O/c9-7-6(15-8(10,11)12)2-1-5(14-7)3-4-13/h1-2H,3H2. The Hall–Kier alpha value is -1.84. The molecule has 0 N–H and O–H groups in total. The number of hydrogen-bond donors (Lipinski definition) is 0. The van der Waals surface area contributed by atoms with Crippen LogP contribution in [0.15, 0.2) is 12.1 Å². The second-order valence-corrected chi connectivity index (χ2v) is 2.47. The van der Waals surface area contributed by atoms with E-state index in [0.717, 1.165) is 12.1 Å². The Balaban J connectivity index is 2.89. The Bertz CT molecular complexity index is 397. The Morgan fingerprint density at radius 3 is 2.53 bits per heavy atom. The van der Waals surface area contributed by atoms with Gasteiger partial charge in [0.05, 0.1) is 18.2 Å². The minimum absolute atomic E-state index is 0.0459. The van der Waals surface area contributed by atoms with Gasteiger partial charge in [-0.2, -0.15) is 9.65 Å². The van der Waals surface area contributed by atoms with Crippen molar-refractivity contribution in [1.82, 2.24) is 4.98 Å². The lowest BCUT2D eigenvalue weighted by molar-refractivity contribution is -0.275. The van der Waals surface area contributed by atoms with Crippen LogP contribution in [0.1, 0.15) is 5.69 Å². The van der Waals surface area contributed by atoms with Crippen LogP contribution in [0.2, 0.25) is 0 Å². The van der Waals surface area contributed by atoms with E-state index in [-0.39, 0.29) is 12.1 Å². The van der Waals surface area contributed by atoms with Gasteiger partial charge in [-0.25, -0.2) is 4.98 Å². The quantitative estimate of drug-likeness (QED) is 0.566. The molecular weight excluding hydrogens is 216 g/mol. The van der Waals surface area contributed by atoms with Gasteiger partial charge < -0.3 is 4.74 Å². The summed E-state index contributed by atoms with van der Waals surface area (Å²) in [4.78, 5) is 3.13. The summed E-state index contributed by atoms with van der Waals surface area (Å²) in [7, 11) is 0. The van der Waals surface area contributed by atoms with Crippen LogP contribution in [-0.4, -0.2) is 11.3 Å². The topological polar surface area (TPSA) is 45.9 Å². The summed E-state index contributed by atoms with van der Waals surface area (Å²) >= 11 is 0. The van der Waals surface area contributed by atoms with E-state index in [1.54, 1.807) is 6.07 Å². The summed E-state index contributed by atoms with van der Waals surface area (Å²) in [6.07, 6.45) is -5.14. The summed E-state index contributed by atoms with van der Waals surface area (Å²) in [5, 5.41) is 8.24. The monoisotopic (exact) mass is 220 g/mol. The average molecular weight is 220 g/mol. The average Bonchev–Trinajstić information content (AvgIpc) is 2.08. The third kappa shape index (κ3) is 3.42. The first-order valence-electron chi connectivity index (χ1n) is 3.70. The van der Waals surface area contributed by atoms with Crippen molar-refractivity contribution >= 4 is 0 Å². The van der Waals surface area contributed by atoms with Crippen molar-refractivity contribution in [1.29, 1.82) is 5.26 Å². The van der Waals surface area contributed by atoms with Gasteiger partial charge in [-0.15, -0.1) is 13.2 Å². The van der Waals surface area contributed by atoms with Crippen LogP contribution in [0.25, 0.3) is 0 Å². The second kappa shape index (κ2) is 4.13. The van der Waals surface area contributed by atoms with Crippen molar-refractivity contribution in [2.45, 2.75) is 12.8 Å². The molecule has 0 fully saturated rings. The molecule has 0 aliphatic rings. The summed E-state index contributed by atoms with van der Waals surface area (Å²) in [6, 6.07) is 3.56. The second-order valence-electron chi connectivity index (χ2n) is 2.47. The van der Waals surface area contributed by atoms with Crippen molar-refractivity contribution in [2.24, 2.45) is 0 Å². The number of aromatic nitrogens is 1. The molecule has 1 aromatic heterocycles. The van der Waals surface area contributed by atoms with Gasteiger partial charge in [0.2, 0.25) is 0 Å². The Morgan fingerprint density at radius 1 is 1.40 bits per heavy atom. The number of alkyl halides is 3. The normalized spacial score (nSPS) is 10.9. The lowest BCUT2D eigenvalue weighted by Gasteiger charge is -2.08. The largest absolute Gasteiger partial charge is 0.573 e. The SMILES string of the molecule is N#CCc1ccc(OC(F)(F)F)c(F)n1. The van der Waals surface area contributed by atoms with E-state index in [9.17, 15) is 17.6 Å². The van der Waals surface area contributed by atoms with Crippen LogP contribution in [0.4, 0.5) is 17.6 Å². The van der Waals surface area contributed by atoms with Crippen LogP contribution in [0.3, 0.4) is 0 Å². The maximum atomic E-state index is 12.9. The van der Waals surface area contributed by atoms with Gasteiger partial charge in [0.25, 0.3) is 5.95 Å². The molecule has 0 aliphatic carbocycles. The first-order chi connectivity index (χ1) is 6.92. The van der Waals surface area contributed by atoms with Crippen LogP contribution in [0.5, 0.6) is 5.75 Å². The molecule has 0 radical (unpaired) electrons. The van der Waals surface area contributed by atoms with E-state index in [0.29, 0.717) is 0 Å². The maximum absolute atomic E-state index is 12.9. The molecule has 1 heterocycles. The van der Waals surface area contributed by atoms with Gasteiger partial charge in [-0.3, -0.25) is 0 Å². The third-order valence-corrected chi connectivity index (χ3v) is 1.36. The highest BCUT2D eigenvalue weighted by atomic mass is 19.4. The number of rotatable bonds is 2. The first-order valence-corrected chi connectivity index (χ1v) is 3.70. The molecule has 0 spiro atoms.